The molecule has 1 aromatic rings. The summed E-state index contributed by atoms with van der Waals surface area (Å²) in [7, 11) is -3.76. The number of carbonyl (C=O) groups is 2. The molecule has 0 aromatic heterocycles. The monoisotopic (exact) mass is 396 g/mol. The number of nitrogens with one attached hydrogen (secondary N) is 4. The Hall–Kier alpha value is -2.13. The third-order valence-corrected chi connectivity index (χ3v) is 5.73. The van der Waals surface area contributed by atoms with Crippen LogP contribution in [0, 0.1) is 0 Å². The average Bonchev–Trinajstić information content (AvgIpc) is 2.78. The van der Waals surface area contributed by atoms with Crippen molar-refractivity contribution in [2.24, 2.45) is 0 Å². The van der Waals surface area contributed by atoms with E-state index >= 15 is 0 Å². The molecule has 27 heavy (non-hydrogen) atoms. The molecule has 1 aliphatic rings. The maximum absolute atomic E-state index is 12.7. The number of benzene rings is 1. The van der Waals surface area contributed by atoms with Crippen LogP contribution in [-0.4, -0.2) is 45.4 Å². The molecule has 0 saturated carbocycles. The van der Waals surface area contributed by atoms with Crippen LogP contribution in [0.15, 0.2) is 23.1 Å². The van der Waals surface area contributed by atoms with Gasteiger partial charge in [0.25, 0.3) is 5.91 Å². The van der Waals surface area contributed by atoms with Gasteiger partial charge in [0.2, 0.25) is 15.9 Å². The Morgan fingerprint density at radius 1 is 1.26 bits per heavy atom. The molecule has 1 aliphatic heterocycles. The molecular weight excluding hydrogens is 368 g/mol. The first kappa shape index (κ1) is 21.2. The van der Waals surface area contributed by atoms with Gasteiger partial charge in [0.1, 0.15) is 6.04 Å². The van der Waals surface area contributed by atoms with Crippen LogP contribution < -0.4 is 20.7 Å². The van der Waals surface area contributed by atoms with E-state index in [1.54, 1.807) is 19.9 Å². The predicted octanol–water partition coefficient (Wildman–Crippen LogP) is 1.20. The Morgan fingerprint density at radius 2 is 2.00 bits per heavy atom. The van der Waals surface area contributed by atoms with Crippen LogP contribution in [0.25, 0.3) is 0 Å². The zero-order valence-corrected chi connectivity index (χ0v) is 16.8. The molecule has 1 saturated heterocycles. The third kappa shape index (κ3) is 5.93. The zero-order valence-electron chi connectivity index (χ0n) is 16.0. The second-order valence-electron chi connectivity index (χ2n) is 6.87. The highest BCUT2D eigenvalue weighted by atomic mass is 32.2. The summed E-state index contributed by atoms with van der Waals surface area (Å²) in [5.74, 6) is -0.684. The van der Waals surface area contributed by atoms with E-state index in [0.29, 0.717) is 25.2 Å². The molecule has 0 radical (unpaired) electrons. The van der Waals surface area contributed by atoms with Gasteiger partial charge in [-0.05, 0) is 58.2 Å². The van der Waals surface area contributed by atoms with Crippen LogP contribution in [0.3, 0.4) is 0 Å². The SMILES string of the molecule is CCNc1cc(C(=O)N[C@H]2CCCCNC2=O)cc(S(=O)(=O)NC(C)C)c1. The van der Waals surface area contributed by atoms with Crippen molar-refractivity contribution >= 4 is 27.5 Å². The highest BCUT2D eigenvalue weighted by Gasteiger charge is 2.24. The Kier molecular flexibility index (Phi) is 7.20. The van der Waals surface area contributed by atoms with E-state index < -0.39 is 22.0 Å². The minimum absolute atomic E-state index is 0.00474. The highest BCUT2D eigenvalue weighted by molar-refractivity contribution is 7.89. The summed E-state index contributed by atoms with van der Waals surface area (Å²) in [5.41, 5.74) is 0.717. The molecule has 8 nitrogen and oxygen atoms in total. The maximum atomic E-state index is 12.7. The van der Waals surface area contributed by atoms with Gasteiger partial charge in [0.05, 0.1) is 4.90 Å². The highest BCUT2D eigenvalue weighted by Crippen LogP contribution is 2.20. The summed E-state index contributed by atoms with van der Waals surface area (Å²) in [6.07, 6.45) is 2.26. The molecule has 0 spiro atoms. The van der Waals surface area contributed by atoms with E-state index in [4.69, 9.17) is 0 Å². The van der Waals surface area contributed by atoms with E-state index in [1.165, 1.54) is 12.1 Å². The fourth-order valence-corrected chi connectivity index (χ4v) is 4.21. The van der Waals surface area contributed by atoms with Gasteiger partial charge in [-0.15, -0.1) is 0 Å². The zero-order chi connectivity index (χ0) is 20.0. The van der Waals surface area contributed by atoms with Crippen LogP contribution in [-0.2, 0) is 14.8 Å². The van der Waals surface area contributed by atoms with Crippen molar-refractivity contribution in [2.75, 3.05) is 18.4 Å². The van der Waals surface area contributed by atoms with Crippen molar-refractivity contribution in [3.05, 3.63) is 23.8 Å². The number of rotatable bonds is 7. The lowest BCUT2D eigenvalue weighted by atomic mass is 10.1. The summed E-state index contributed by atoms with van der Waals surface area (Å²) < 4.78 is 27.6. The normalized spacial score (nSPS) is 17.9. The fourth-order valence-electron chi connectivity index (χ4n) is 2.89. The van der Waals surface area contributed by atoms with Crippen LogP contribution in [0.2, 0.25) is 0 Å². The fraction of sp³-hybridized carbons (Fsp3) is 0.556. The van der Waals surface area contributed by atoms with Gasteiger partial charge in [-0.1, -0.05) is 0 Å². The molecule has 150 valence electrons. The smallest absolute Gasteiger partial charge is 0.252 e. The first-order chi connectivity index (χ1) is 12.7. The first-order valence-corrected chi connectivity index (χ1v) is 10.7. The lowest BCUT2D eigenvalue weighted by Crippen LogP contribution is -2.45. The van der Waals surface area contributed by atoms with E-state index in [2.05, 4.69) is 20.7 Å². The number of anilines is 1. The Labute approximate surface area is 160 Å². The molecule has 0 bridgehead atoms. The number of carbonyl (C=O) groups excluding carboxylic acids is 2. The largest absolute Gasteiger partial charge is 0.385 e. The molecular formula is C18H28N4O4S. The second-order valence-corrected chi connectivity index (χ2v) is 8.58. The van der Waals surface area contributed by atoms with Crippen molar-refractivity contribution in [3.63, 3.8) is 0 Å². The lowest BCUT2D eigenvalue weighted by molar-refractivity contribution is -0.122. The number of sulfonamides is 1. The molecule has 1 atom stereocenters. The van der Waals surface area contributed by atoms with Gasteiger partial charge in [-0.3, -0.25) is 9.59 Å². The summed E-state index contributed by atoms with van der Waals surface area (Å²) in [6.45, 7) is 6.51. The molecule has 4 N–H and O–H groups in total. The van der Waals surface area contributed by atoms with Crippen molar-refractivity contribution in [2.45, 2.75) is 57.0 Å². The Morgan fingerprint density at radius 3 is 2.67 bits per heavy atom. The van der Waals surface area contributed by atoms with Crippen molar-refractivity contribution in [1.82, 2.24) is 15.4 Å². The van der Waals surface area contributed by atoms with E-state index in [0.717, 1.165) is 12.8 Å². The van der Waals surface area contributed by atoms with Gasteiger partial charge in [0, 0.05) is 30.4 Å². The summed E-state index contributed by atoms with van der Waals surface area (Å²) in [4.78, 5) is 24.8. The molecule has 1 fully saturated rings. The molecule has 0 unspecified atom stereocenters. The number of hydrogen-bond acceptors (Lipinski definition) is 5. The van der Waals surface area contributed by atoms with Crippen LogP contribution in [0.5, 0.6) is 0 Å². The van der Waals surface area contributed by atoms with Gasteiger partial charge < -0.3 is 16.0 Å². The van der Waals surface area contributed by atoms with Crippen LogP contribution in [0.4, 0.5) is 5.69 Å². The quantitative estimate of drug-likeness (QED) is 0.553. The minimum atomic E-state index is -3.76. The molecule has 2 rings (SSSR count). The second kappa shape index (κ2) is 9.18. The summed E-state index contributed by atoms with van der Waals surface area (Å²) in [6, 6.07) is 3.52. The first-order valence-electron chi connectivity index (χ1n) is 9.23. The topological polar surface area (TPSA) is 116 Å². The molecule has 2 amide bonds. The van der Waals surface area contributed by atoms with E-state index in [9.17, 15) is 18.0 Å². The van der Waals surface area contributed by atoms with Crippen molar-refractivity contribution < 1.29 is 18.0 Å². The van der Waals surface area contributed by atoms with Crippen molar-refractivity contribution in [3.8, 4) is 0 Å². The molecule has 1 heterocycles. The third-order valence-electron chi connectivity index (χ3n) is 4.09. The average molecular weight is 397 g/mol. The van der Waals surface area contributed by atoms with Gasteiger partial charge >= 0.3 is 0 Å². The Bertz CT molecular complexity index is 793. The van der Waals surface area contributed by atoms with E-state index in [1.807, 2.05) is 6.92 Å². The van der Waals surface area contributed by atoms with Gasteiger partial charge in [0.15, 0.2) is 0 Å². The van der Waals surface area contributed by atoms with Gasteiger partial charge in [-0.2, -0.15) is 0 Å². The molecule has 1 aromatic carbocycles. The standard InChI is InChI=1S/C18H28N4O4S/c1-4-19-14-9-13(10-15(11-14)27(25,26)22-12(2)3)17(23)21-16-7-5-6-8-20-18(16)24/h9-12,16,19,22H,4-8H2,1-3H3,(H,20,24)(H,21,23)/t16-/m0/s1. The van der Waals surface area contributed by atoms with Crippen LogP contribution in [0.1, 0.15) is 50.4 Å². The number of amides is 2. The maximum Gasteiger partial charge on any atom is 0.252 e. The Balaban J connectivity index is 2.31. The predicted molar refractivity (Wildman–Crippen MR) is 104 cm³/mol. The van der Waals surface area contributed by atoms with Crippen molar-refractivity contribution in [1.29, 1.82) is 0 Å². The molecule has 0 aliphatic carbocycles. The van der Waals surface area contributed by atoms with Crippen LogP contribution >= 0.6 is 0 Å². The van der Waals surface area contributed by atoms with Gasteiger partial charge in [-0.25, -0.2) is 13.1 Å². The molecule has 9 heteroatoms. The lowest BCUT2D eigenvalue weighted by Gasteiger charge is -2.17. The van der Waals surface area contributed by atoms with E-state index in [-0.39, 0.29) is 22.4 Å². The number of hydrogen-bond donors (Lipinski definition) is 4. The summed E-state index contributed by atoms with van der Waals surface area (Å²) in [5, 5.41) is 8.53. The minimum Gasteiger partial charge on any atom is -0.385 e. The summed E-state index contributed by atoms with van der Waals surface area (Å²) >= 11 is 0.